The highest BCUT2D eigenvalue weighted by atomic mass is 16.5. The number of hydrogen-bond acceptors (Lipinski definition) is 6. The van der Waals surface area contributed by atoms with Crippen LogP contribution in [-0.4, -0.2) is 43.4 Å². The molecule has 0 saturated carbocycles. The van der Waals surface area contributed by atoms with Gasteiger partial charge in [-0.05, 0) is 29.0 Å². The van der Waals surface area contributed by atoms with E-state index in [2.05, 4.69) is 20.5 Å². The molecule has 2 rings (SSSR count). The van der Waals surface area contributed by atoms with Crippen LogP contribution < -0.4 is 4.74 Å². The quantitative estimate of drug-likeness (QED) is 0.825. The van der Waals surface area contributed by atoms with E-state index < -0.39 is 5.97 Å². The molecule has 2 heterocycles. The fourth-order valence-corrected chi connectivity index (χ4v) is 2.19. The van der Waals surface area contributed by atoms with Crippen molar-refractivity contribution in [3.8, 4) is 17.3 Å². The summed E-state index contributed by atoms with van der Waals surface area (Å²) in [6.07, 6.45) is 3.08. The highest BCUT2D eigenvalue weighted by molar-refractivity contribution is 5.67. The molecule has 1 atom stereocenters. The van der Waals surface area contributed by atoms with Crippen molar-refractivity contribution in [2.75, 3.05) is 7.11 Å². The lowest BCUT2D eigenvalue weighted by molar-refractivity contribution is -0.138. The van der Waals surface area contributed by atoms with Gasteiger partial charge in [0.1, 0.15) is 0 Å². The van der Waals surface area contributed by atoms with Crippen LogP contribution in [0.3, 0.4) is 0 Å². The lowest BCUT2D eigenvalue weighted by Gasteiger charge is -2.16. The summed E-state index contributed by atoms with van der Waals surface area (Å²) in [6.45, 7) is 1.99. The molecule has 112 valence electrons. The highest BCUT2D eigenvalue weighted by Gasteiger charge is 2.22. The lowest BCUT2D eigenvalue weighted by Crippen LogP contribution is -2.16. The second-order valence-corrected chi connectivity index (χ2v) is 4.55. The van der Waals surface area contributed by atoms with Crippen molar-refractivity contribution >= 4 is 5.97 Å². The van der Waals surface area contributed by atoms with Gasteiger partial charge in [-0.15, -0.1) is 5.10 Å². The molecule has 0 amide bonds. The van der Waals surface area contributed by atoms with Gasteiger partial charge in [0.05, 0.1) is 25.1 Å². The fraction of sp³-hybridized carbons (Fsp3) is 0.462. The molecule has 0 spiro atoms. The standard InChI is InChI=1S/C13H17N5O3/c1-3-5-9(8-11(19)20)18-12(15-16-17-18)10-6-4-7-14-13(10)21-2/h4,6-7,9H,3,5,8H2,1-2H3,(H,19,20). The lowest BCUT2D eigenvalue weighted by atomic mass is 10.1. The first-order chi connectivity index (χ1) is 10.2. The number of carbonyl (C=O) groups is 1. The summed E-state index contributed by atoms with van der Waals surface area (Å²) in [6, 6.07) is 3.24. The highest BCUT2D eigenvalue weighted by Crippen LogP contribution is 2.29. The first-order valence-electron chi connectivity index (χ1n) is 6.66. The second-order valence-electron chi connectivity index (χ2n) is 4.55. The molecule has 0 aromatic carbocycles. The average molecular weight is 291 g/mol. The number of ether oxygens (including phenoxy) is 1. The molecule has 8 nitrogen and oxygen atoms in total. The molecular formula is C13H17N5O3. The fourth-order valence-electron chi connectivity index (χ4n) is 2.19. The zero-order chi connectivity index (χ0) is 15.2. The molecule has 0 radical (unpaired) electrons. The number of nitrogens with zero attached hydrogens (tertiary/aromatic N) is 5. The summed E-state index contributed by atoms with van der Waals surface area (Å²) in [4.78, 5) is 15.1. The van der Waals surface area contributed by atoms with Gasteiger partial charge >= 0.3 is 5.97 Å². The van der Waals surface area contributed by atoms with Crippen molar-refractivity contribution < 1.29 is 14.6 Å². The van der Waals surface area contributed by atoms with Gasteiger partial charge in [-0.1, -0.05) is 13.3 Å². The topological polar surface area (TPSA) is 103 Å². The van der Waals surface area contributed by atoms with Crippen molar-refractivity contribution in [2.24, 2.45) is 0 Å². The zero-order valence-corrected chi connectivity index (χ0v) is 11.9. The first kappa shape index (κ1) is 14.9. The summed E-state index contributed by atoms with van der Waals surface area (Å²) >= 11 is 0. The average Bonchev–Trinajstić information content (AvgIpc) is 2.95. The van der Waals surface area contributed by atoms with Gasteiger partial charge in [0.25, 0.3) is 0 Å². The van der Waals surface area contributed by atoms with E-state index in [0.717, 1.165) is 6.42 Å². The van der Waals surface area contributed by atoms with Crippen LogP contribution >= 0.6 is 0 Å². The van der Waals surface area contributed by atoms with Gasteiger partial charge in [-0.3, -0.25) is 4.79 Å². The number of aromatic nitrogens is 5. The van der Waals surface area contributed by atoms with Crippen molar-refractivity contribution in [1.29, 1.82) is 0 Å². The summed E-state index contributed by atoms with van der Waals surface area (Å²) < 4.78 is 6.75. The summed E-state index contributed by atoms with van der Waals surface area (Å²) in [5, 5.41) is 20.7. The van der Waals surface area contributed by atoms with Crippen LogP contribution in [0.4, 0.5) is 0 Å². The molecule has 0 aliphatic heterocycles. The van der Waals surface area contributed by atoms with Gasteiger partial charge in [-0.25, -0.2) is 9.67 Å². The van der Waals surface area contributed by atoms with E-state index in [0.29, 0.717) is 23.7 Å². The van der Waals surface area contributed by atoms with E-state index in [9.17, 15) is 4.79 Å². The Morgan fingerprint density at radius 3 is 3.00 bits per heavy atom. The Hall–Kier alpha value is -2.51. The molecule has 0 aliphatic rings. The Morgan fingerprint density at radius 2 is 2.33 bits per heavy atom. The molecule has 0 saturated heterocycles. The van der Waals surface area contributed by atoms with E-state index in [-0.39, 0.29) is 12.5 Å². The monoisotopic (exact) mass is 291 g/mol. The van der Waals surface area contributed by atoms with E-state index in [1.807, 2.05) is 6.92 Å². The minimum Gasteiger partial charge on any atom is -0.481 e. The van der Waals surface area contributed by atoms with E-state index in [1.54, 1.807) is 18.3 Å². The minimum atomic E-state index is -0.881. The molecule has 8 heteroatoms. The number of pyridine rings is 1. The van der Waals surface area contributed by atoms with Crippen molar-refractivity contribution in [2.45, 2.75) is 32.2 Å². The van der Waals surface area contributed by atoms with Crippen LogP contribution in [0.25, 0.3) is 11.4 Å². The molecule has 0 bridgehead atoms. The number of rotatable bonds is 7. The molecule has 1 unspecified atom stereocenters. The Morgan fingerprint density at radius 1 is 1.52 bits per heavy atom. The van der Waals surface area contributed by atoms with Crippen LogP contribution in [0.2, 0.25) is 0 Å². The predicted molar refractivity (Wildman–Crippen MR) is 73.8 cm³/mol. The summed E-state index contributed by atoms with van der Waals surface area (Å²) in [5.41, 5.74) is 0.636. The maximum absolute atomic E-state index is 11.0. The smallest absolute Gasteiger partial charge is 0.305 e. The number of hydrogen-bond donors (Lipinski definition) is 1. The first-order valence-corrected chi connectivity index (χ1v) is 6.66. The zero-order valence-electron chi connectivity index (χ0n) is 11.9. The Labute approximate surface area is 121 Å². The van der Waals surface area contributed by atoms with E-state index in [1.165, 1.54) is 11.8 Å². The van der Waals surface area contributed by atoms with Crippen LogP contribution in [0.5, 0.6) is 5.88 Å². The summed E-state index contributed by atoms with van der Waals surface area (Å²) in [7, 11) is 1.51. The van der Waals surface area contributed by atoms with Crippen LogP contribution in [-0.2, 0) is 4.79 Å². The van der Waals surface area contributed by atoms with Crippen LogP contribution in [0, 0.1) is 0 Å². The molecule has 2 aromatic heterocycles. The van der Waals surface area contributed by atoms with Gasteiger partial charge < -0.3 is 9.84 Å². The molecule has 2 aromatic rings. The van der Waals surface area contributed by atoms with E-state index >= 15 is 0 Å². The van der Waals surface area contributed by atoms with Gasteiger partial charge in [0, 0.05) is 6.20 Å². The third-order valence-corrected chi connectivity index (χ3v) is 3.08. The number of carboxylic acid groups (broad SMARTS) is 1. The maximum atomic E-state index is 11.0. The number of carboxylic acids is 1. The van der Waals surface area contributed by atoms with Gasteiger partial charge in [0.15, 0.2) is 5.82 Å². The molecular weight excluding hydrogens is 274 g/mol. The van der Waals surface area contributed by atoms with Crippen molar-refractivity contribution in [3.63, 3.8) is 0 Å². The largest absolute Gasteiger partial charge is 0.481 e. The molecule has 0 fully saturated rings. The third-order valence-electron chi connectivity index (χ3n) is 3.08. The van der Waals surface area contributed by atoms with Gasteiger partial charge in [0.2, 0.25) is 5.88 Å². The Bertz CT molecular complexity index is 613. The minimum absolute atomic E-state index is 0.0333. The van der Waals surface area contributed by atoms with Crippen molar-refractivity contribution in [1.82, 2.24) is 25.2 Å². The van der Waals surface area contributed by atoms with Crippen molar-refractivity contribution in [3.05, 3.63) is 18.3 Å². The SMILES string of the molecule is CCCC(CC(=O)O)n1nnnc1-c1cccnc1OC. The molecule has 1 N–H and O–H groups in total. The Balaban J connectivity index is 2.43. The number of tetrazole rings is 1. The van der Waals surface area contributed by atoms with Gasteiger partial charge in [-0.2, -0.15) is 0 Å². The normalized spacial score (nSPS) is 12.1. The third kappa shape index (κ3) is 3.33. The number of aliphatic carboxylic acids is 1. The summed E-state index contributed by atoms with van der Waals surface area (Å²) in [5.74, 6) is -0.0215. The van der Waals surface area contributed by atoms with E-state index in [4.69, 9.17) is 9.84 Å². The molecule has 21 heavy (non-hydrogen) atoms. The predicted octanol–water partition coefficient (Wildman–Crippen LogP) is 1.56. The second kappa shape index (κ2) is 6.78. The van der Waals surface area contributed by atoms with Crippen LogP contribution in [0.15, 0.2) is 18.3 Å². The number of methoxy groups -OCH3 is 1. The molecule has 0 aliphatic carbocycles. The Kier molecular flexibility index (Phi) is 4.81. The van der Waals surface area contributed by atoms with Crippen LogP contribution in [0.1, 0.15) is 32.2 Å². The maximum Gasteiger partial charge on any atom is 0.305 e.